The van der Waals surface area contributed by atoms with Crippen LogP contribution in [0.25, 0.3) is 6.08 Å². The molecule has 0 saturated heterocycles. The number of thiazole rings is 1. The number of allylic oxidation sites excluding steroid dienone is 1. The Morgan fingerprint density at radius 3 is 2.50 bits per heavy atom. The summed E-state index contributed by atoms with van der Waals surface area (Å²) in [5, 5.41) is 0. The third-order valence-corrected chi connectivity index (χ3v) is 6.61. The fourth-order valence-corrected chi connectivity index (χ4v) is 5.00. The molecule has 4 rings (SSSR count). The summed E-state index contributed by atoms with van der Waals surface area (Å²) in [4.78, 5) is 31.9. The molecule has 2 heterocycles. The molecule has 8 heteroatoms. The van der Waals surface area contributed by atoms with Crippen molar-refractivity contribution in [3.05, 3.63) is 90.1 Å². The van der Waals surface area contributed by atoms with E-state index in [4.69, 9.17) is 14.2 Å². The molecule has 0 aliphatic carbocycles. The second kappa shape index (κ2) is 9.69. The molecule has 0 radical (unpaired) electrons. The van der Waals surface area contributed by atoms with E-state index < -0.39 is 12.0 Å². The van der Waals surface area contributed by atoms with Crippen molar-refractivity contribution < 1.29 is 19.0 Å². The summed E-state index contributed by atoms with van der Waals surface area (Å²) in [6.45, 7) is 5.71. The Morgan fingerprint density at radius 1 is 1.12 bits per heavy atom. The minimum Gasteiger partial charge on any atom is -0.497 e. The van der Waals surface area contributed by atoms with Gasteiger partial charge in [0.05, 0.1) is 36.6 Å². The lowest BCUT2D eigenvalue weighted by Gasteiger charge is -2.26. The average molecular weight is 479 g/mol. The van der Waals surface area contributed by atoms with Gasteiger partial charge in [-0.2, -0.15) is 0 Å². The Kier molecular flexibility index (Phi) is 6.70. The van der Waals surface area contributed by atoms with Crippen molar-refractivity contribution in [2.24, 2.45) is 4.99 Å². The van der Waals surface area contributed by atoms with E-state index in [1.807, 2.05) is 37.3 Å². The lowest BCUT2D eigenvalue weighted by Crippen LogP contribution is -2.40. The van der Waals surface area contributed by atoms with E-state index in [0.29, 0.717) is 37.7 Å². The highest BCUT2D eigenvalue weighted by molar-refractivity contribution is 7.07. The topological polar surface area (TPSA) is 79.1 Å². The lowest BCUT2D eigenvalue weighted by atomic mass is 9.94. The zero-order chi connectivity index (χ0) is 24.4. The SMILES string of the molecule is CCOC(=O)C1=C(C)N=c2s/c(=C/c3ccc(C)cc3)c(=O)n2[C@@H]1c1cc(OC)ccc1OC. The van der Waals surface area contributed by atoms with Crippen LogP contribution in [0, 0.1) is 6.92 Å². The third-order valence-electron chi connectivity index (χ3n) is 5.62. The highest BCUT2D eigenvalue weighted by Gasteiger charge is 2.35. The monoisotopic (exact) mass is 478 g/mol. The highest BCUT2D eigenvalue weighted by atomic mass is 32.1. The lowest BCUT2D eigenvalue weighted by molar-refractivity contribution is -0.139. The van der Waals surface area contributed by atoms with Crippen molar-refractivity contribution >= 4 is 23.4 Å². The molecule has 3 aromatic rings. The largest absolute Gasteiger partial charge is 0.497 e. The van der Waals surface area contributed by atoms with Gasteiger partial charge in [0.1, 0.15) is 17.5 Å². The Hall–Kier alpha value is -3.65. The van der Waals surface area contributed by atoms with Gasteiger partial charge in [0.15, 0.2) is 4.80 Å². The first-order chi connectivity index (χ1) is 16.4. The van der Waals surface area contributed by atoms with Gasteiger partial charge in [-0.1, -0.05) is 41.2 Å². The maximum Gasteiger partial charge on any atom is 0.338 e. The number of carbonyl (C=O) groups excluding carboxylic acids is 1. The van der Waals surface area contributed by atoms with Gasteiger partial charge in [0.25, 0.3) is 5.56 Å². The van der Waals surface area contributed by atoms with Gasteiger partial charge >= 0.3 is 5.97 Å². The van der Waals surface area contributed by atoms with Crippen LogP contribution in [0.3, 0.4) is 0 Å². The van der Waals surface area contributed by atoms with Crippen LogP contribution in [0.15, 0.2) is 63.5 Å². The van der Waals surface area contributed by atoms with Crippen LogP contribution in [0.4, 0.5) is 0 Å². The predicted octanol–water partition coefficient (Wildman–Crippen LogP) is 3.12. The van der Waals surface area contributed by atoms with Crippen molar-refractivity contribution in [1.29, 1.82) is 0 Å². The number of ether oxygens (including phenoxy) is 3. The summed E-state index contributed by atoms with van der Waals surface area (Å²) >= 11 is 1.28. The number of aryl methyl sites for hydroxylation is 1. The van der Waals surface area contributed by atoms with Gasteiger partial charge in [0, 0.05) is 5.56 Å². The molecule has 1 atom stereocenters. The van der Waals surface area contributed by atoms with Crippen LogP contribution < -0.4 is 24.4 Å². The number of esters is 1. The van der Waals surface area contributed by atoms with Gasteiger partial charge in [0.2, 0.25) is 0 Å². The number of aromatic nitrogens is 1. The van der Waals surface area contributed by atoms with Crippen molar-refractivity contribution in [1.82, 2.24) is 4.57 Å². The molecule has 1 aliphatic rings. The number of hydrogen-bond donors (Lipinski definition) is 0. The minimum atomic E-state index is -0.777. The van der Waals surface area contributed by atoms with E-state index >= 15 is 0 Å². The van der Waals surface area contributed by atoms with E-state index in [2.05, 4.69) is 4.99 Å². The molecular weight excluding hydrogens is 452 g/mol. The minimum absolute atomic E-state index is 0.204. The molecule has 0 spiro atoms. The standard InChI is InChI=1S/C26H26N2O5S/c1-6-33-25(30)22-16(3)27-26-28(23(22)19-14-18(31-4)11-12-20(19)32-5)24(29)21(34-26)13-17-9-7-15(2)8-10-17/h7-14,23H,6H2,1-5H3/b21-13+/t23-/m1/s1. The summed E-state index contributed by atoms with van der Waals surface area (Å²) < 4.78 is 18.5. The van der Waals surface area contributed by atoms with Gasteiger partial charge in [-0.25, -0.2) is 9.79 Å². The van der Waals surface area contributed by atoms with E-state index in [1.54, 1.807) is 50.8 Å². The smallest absolute Gasteiger partial charge is 0.338 e. The van der Waals surface area contributed by atoms with E-state index in [0.717, 1.165) is 11.1 Å². The Bertz CT molecular complexity index is 1450. The summed E-state index contributed by atoms with van der Waals surface area (Å²) in [7, 11) is 3.11. The number of methoxy groups -OCH3 is 2. The molecule has 1 aromatic heterocycles. The van der Waals surface area contributed by atoms with E-state index in [-0.39, 0.29) is 12.2 Å². The van der Waals surface area contributed by atoms with Crippen LogP contribution in [-0.4, -0.2) is 31.4 Å². The molecule has 176 valence electrons. The molecule has 0 fully saturated rings. The van der Waals surface area contributed by atoms with Gasteiger partial charge < -0.3 is 14.2 Å². The molecule has 0 saturated carbocycles. The molecule has 1 aliphatic heterocycles. The zero-order valence-electron chi connectivity index (χ0n) is 19.7. The molecule has 0 bridgehead atoms. The van der Waals surface area contributed by atoms with Crippen molar-refractivity contribution in [2.45, 2.75) is 26.8 Å². The second-order valence-electron chi connectivity index (χ2n) is 7.82. The molecule has 0 amide bonds. The van der Waals surface area contributed by atoms with E-state index in [1.165, 1.54) is 11.3 Å². The van der Waals surface area contributed by atoms with Gasteiger partial charge in [-0.05, 0) is 50.6 Å². The van der Waals surface area contributed by atoms with Crippen LogP contribution in [-0.2, 0) is 9.53 Å². The molecule has 34 heavy (non-hydrogen) atoms. The Labute approximate surface area is 201 Å². The summed E-state index contributed by atoms with van der Waals surface area (Å²) in [5.41, 5.74) is 3.21. The quantitative estimate of drug-likeness (QED) is 0.509. The second-order valence-corrected chi connectivity index (χ2v) is 8.83. The number of nitrogens with zero attached hydrogens (tertiary/aromatic N) is 2. The average Bonchev–Trinajstić information content (AvgIpc) is 3.13. The molecule has 0 unspecified atom stereocenters. The van der Waals surface area contributed by atoms with Gasteiger partial charge in [-0.15, -0.1) is 0 Å². The van der Waals surface area contributed by atoms with Crippen LogP contribution in [0.1, 0.15) is 36.6 Å². The maximum atomic E-state index is 13.7. The first kappa shape index (κ1) is 23.5. The fraction of sp³-hybridized carbons (Fsp3) is 0.269. The van der Waals surface area contributed by atoms with E-state index in [9.17, 15) is 9.59 Å². The zero-order valence-corrected chi connectivity index (χ0v) is 20.6. The molecule has 2 aromatic carbocycles. The normalized spacial score (nSPS) is 15.6. The van der Waals surface area contributed by atoms with Gasteiger partial charge in [-0.3, -0.25) is 9.36 Å². The van der Waals surface area contributed by atoms with Crippen LogP contribution in [0.5, 0.6) is 11.5 Å². The van der Waals surface area contributed by atoms with Crippen molar-refractivity contribution in [2.75, 3.05) is 20.8 Å². The van der Waals surface area contributed by atoms with Crippen molar-refractivity contribution in [3.8, 4) is 11.5 Å². The third kappa shape index (κ3) is 4.28. The Balaban J connectivity index is 2.01. The molecule has 7 nitrogen and oxygen atoms in total. The predicted molar refractivity (Wildman–Crippen MR) is 131 cm³/mol. The fourth-order valence-electron chi connectivity index (χ4n) is 3.95. The summed E-state index contributed by atoms with van der Waals surface area (Å²) in [5.74, 6) is 0.581. The number of benzene rings is 2. The number of carbonyl (C=O) groups is 1. The summed E-state index contributed by atoms with van der Waals surface area (Å²) in [6, 6.07) is 12.4. The number of rotatable bonds is 6. The highest BCUT2D eigenvalue weighted by Crippen LogP contribution is 2.37. The first-order valence-corrected chi connectivity index (χ1v) is 11.7. The number of fused-ring (bicyclic) bond motifs is 1. The van der Waals surface area contributed by atoms with Crippen LogP contribution in [0.2, 0.25) is 0 Å². The molecule has 0 N–H and O–H groups in total. The maximum absolute atomic E-state index is 13.7. The molecular formula is C26H26N2O5S. The Morgan fingerprint density at radius 2 is 1.85 bits per heavy atom. The van der Waals surface area contributed by atoms with Crippen LogP contribution >= 0.6 is 11.3 Å². The van der Waals surface area contributed by atoms with Crippen molar-refractivity contribution in [3.63, 3.8) is 0 Å². The summed E-state index contributed by atoms with van der Waals surface area (Å²) in [6.07, 6.45) is 1.84. The number of hydrogen-bond acceptors (Lipinski definition) is 7. The first-order valence-electron chi connectivity index (χ1n) is 10.9.